The topological polar surface area (TPSA) is 39.1 Å². The van der Waals surface area contributed by atoms with Crippen molar-refractivity contribution in [2.75, 3.05) is 13.2 Å². The van der Waals surface area contributed by atoms with Crippen molar-refractivity contribution in [3.63, 3.8) is 0 Å². The molecule has 4 rings (SSSR count). The second-order valence-corrected chi connectivity index (χ2v) is 7.18. The fourth-order valence-electron chi connectivity index (χ4n) is 4.05. The smallest absolute Gasteiger partial charge is 0.0680 e. The first-order chi connectivity index (χ1) is 11.7. The van der Waals surface area contributed by atoms with Gasteiger partial charge in [-0.25, -0.2) is 4.68 Å². The van der Waals surface area contributed by atoms with Gasteiger partial charge in [0.05, 0.1) is 11.9 Å². The number of ether oxygens (including phenoxy) is 1. The van der Waals surface area contributed by atoms with Crippen LogP contribution in [0.3, 0.4) is 0 Å². The molecule has 128 valence electrons. The second-order valence-electron chi connectivity index (χ2n) is 7.18. The van der Waals surface area contributed by atoms with E-state index in [1.54, 1.807) is 0 Å². The van der Waals surface area contributed by atoms with E-state index >= 15 is 0 Å². The van der Waals surface area contributed by atoms with Crippen molar-refractivity contribution in [2.24, 2.45) is 0 Å². The van der Waals surface area contributed by atoms with E-state index in [4.69, 9.17) is 9.84 Å². The van der Waals surface area contributed by atoms with Crippen LogP contribution in [0.5, 0.6) is 0 Å². The molecule has 4 heteroatoms. The normalized spacial score (nSPS) is 21.7. The molecule has 1 aliphatic carbocycles. The van der Waals surface area contributed by atoms with Crippen LogP contribution in [0, 0.1) is 13.8 Å². The Kier molecular flexibility index (Phi) is 4.42. The Balaban J connectivity index is 1.63. The van der Waals surface area contributed by atoms with Gasteiger partial charge in [-0.1, -0.05) is 12.1 Å². The van der Waals surface area contributed by atoms with Gasteiger partial charge in [-0.3, -0.25) is 0 Å². The van der Waals surface area contributed by atoms with Crippen molar-refractivity contribution in [3.8, 4) is 5.69 Å². The van der Waals surface area contributed by atoms with Gasteiger partial charge in [0.25, 0.3) is 0 Å². The first-order valence-electron chi connectivity index (χ1n) is 9.21. The van der Waals surface area contributed by atoms with Gasteiger partial charge in [-0.05, 0) is 63.1 Å². The molecule has 1 aromatic heterocycles. The zero-order valence-corrected chi connectivity index (χ0v) is 14.7. The summed E-state index contributed by atoms with van der Waals surface area (Å²) in [5, 5.41) is 8.64. The molecular formula is C20H27N3O. The van der Waals surface area contributed by atoms with Crippen molar-refractivity contribution >= 4 is 0 Å². The predicted molar refractivity (Wildman–Crippen MR) is 95.7 cm³/mol. The fourth-order valence-corrected chi connectivity index (χ4v) is 4.05. The Bertz CT molecular complexity index is 716. The molecule has 0 saturated carbocycles. The quantitative estimate of drug-likeness (QED) is 0.936. The Labute approximate surface area is 144 Å². The summed E-state index contributed by atoms with van der Waals surface area (Å²) in [5.41, 5.74) is 6.66. The van der Waals surface area contributed by atoms with Crippen molar-refractivity contribution in [3.05, 3.63) is 46.8 Å². The maximum absolute atomic E-state index is 5.49. The molecule has 2 heterocycles. The Morgan fingerprint density at radius 1 is 1.17 bits per heavy atom. The van der Waals surface area contributed by atoms with E-state index in [2.05, 4.69) is 48.2 Å². The van der Waals surface area contributed by atoms with Crippen LogP contribution in [0.15, 0.2) is 24.4 Å². The van der Waals surface area contributed by atoms with Crippen molar-refractivity contribution in [1.82, 2.24) is 15.1 Å². The third-order valence-corrected chi connectivity index (χ3v) is 5.65. The maximum Gasteiger partial charge on any atom is 0.0680 e. The third-order valence-electron chi connectivity index (χ3n) is 5.65. The van der Waals surface area contributed by atoms with Gasteiger partial charge in [0.1, 0.15) is 0 Å². The molecule has 2 aromatic rings. The average molecular weight is 325 g/mol. The summed E-state index contributed by atoms with van der Waals surface area (Å²) in [6.07, 6.45) is 7.89. The highest BCUT2D eigenvalue weighted by atomic mass is 16.5. The monoisotopic (exact) mass is 325 g/mol. The van der Waals surface area contributed by atoms with Gasteiger partial charge in [0, 0.05) is 36.6 Å². The SMILES string of the molecule is Cc1cccc(-n2ncc3c2CCC[C@H]3NC2CCOCC2)c1C. The van der Waals surface area contributed by atoms with Crippen LogP contribution >= 0.6 is 0 Å². The Hall–Kier alpha value is -1.65. The lowest BCUT2D eigenvalue weighted by molar-refractivity contribution is 0.0741. The second kappa shape index (κ2) is 6.69. The standard InChI is InChI=1S/C20H27N3O/c1-14-5-3-7-19(15(14)2)23-20-8-4-6-18(17(20)13-21-23)22-16-9-11-24-12-10-16/h3,5,7,13,16,18,22H,4,6,8-12H2,1-2H3/t18-/m1/s1. The maximum atomic E-state index is 5.49. The van der Waals surface area contributed by atoms with Crippen LogP contribution in [-0.2, 0) is 11.2 Å². The number of nitrogens with zero attached hydrogens (tertiary/aromatic N) is 2. The molecule has 1 aromatic carbocycles. The molecule has 1 saturated heterocycles. The van der Waals surface area contributed by atoms with E-state index in [1.807, 2.05) is 0 Å². The molecule has 1 aliphatic heterocycles. The van der Waals surface area contributed by atoms with E-state index in [1.165, 1.54) is 40.9 Å². The lowest BCUT2D eigenvalue weighted by Gasteiger charge is -2.31. The zero-order valence-electron chi connectivity index (χ0n) is 14.7. The highest BCUT2D eigenvalue weighted by Crippen LogP contribution is 2.33. The number of hydrogen-bond acceptors (Lipinski definition) is 3. The molecule has 0 unspecified atom stereocenters. The summed E-state index contributed by atoms with van der Waals surface area (Å²) in [6, 6.07) is 7.51. The number of rotatable bonds is 3. The van der Waals surface area contributed by atoms with Crippen molar-refractivity contribution < 1.29 is 4.74 Å². The molecule has 24 heavy (non-hydrogen) atoms. The molecule has 1 N–H and O–H groups in total. The molecule has 1 fully saturated rings. The number of hydrogen-bond donors (Lipinski definition) is 1. The van der Waals surface area contributed by atoms with Crippen molar-refractivity contribution in [1.29, 1.82) is 0 Å². The van der Waals surface area contributed by atoms with Crippen LogP contribution in [0.2, 0.25) is 0 Å². The zero-order chi connectivity index (χ0) is 16.5. The summed E-state index contributed by atoms with van der Waals surface area (Å²) in [6.45, 7) is 6.14. The van der Waals surface area contributed by atoms with Gasteiger partial charge in [-0.2, -0.15) is 5.10 Å². The van der Waals surface area contributed by atoms with Gasteiger partial charge >= 0.3 is 0 Å². The molecule has 0 spiro atoms. The van der Waals surface area contributed by atoms with E-state index < -0.39 is 0 Å². The number of aryl methyl sites for hydroxylation is 1. The summed E-state index contributed by atoms with van der Waals surface area (Å²) in [7, 11) is 0. The largest absolute Gasteiger partial charge is 0.381 e. The summed E-state index contributed by atoms with van der Waals surface area (Å²) < 4.78 is 7.66. The highest BCUT2D eigenvalue weighted by Gasteiger charge is 2.27. The lowest BCUT2D eigenvalue weighted by Crippen LogP contribution is -2.38. The first-order valence-corrected chi connectivity index (χ1v) is 9.21. The van der Waals surface area contributed by atoms with Crippen LogP contribution in [0.25, 0.3) is 5.69 Å². The van der Waals surface area contributed by atoms with Crippen molar-refractivity contribution in [2.45, 2.75) is 58.0 Å². The van der Waals surface area contributed by atoms with Gasteiger partial charge in [0.2, 0.25) is 0 Å². The third kappa shape index (κ3) is 2.89. The van der Waals surface area contributed by atoms with E-state index in [0.717, 1.165) is 32.5 Å². The minimum absolute atomic E-state index is 0.440. The Morgan fingerprint density at radius 3 is 2.83 bits per heavy atom. The average Bonchev–Trinajstić information content (AvgIpc) is 3.03. The lowest BCUT2D eigenvalue weighted by atomic mass is 9.91. The van der Waals surface area contributed by atoms with E-state index in [-0.39, 0.29) is 0 Å². The molecule has 0 bridgehead atoms. The molecule has 0 amide bonds. The highest BCUT2D eigenvalue weighted by molar-refractivity contribution is 5.46. The summed E-state index contributed by atoms with van der Waals surface area (Å²) in [5.74, 6) is 0. The molecule has 1 atom stereocenters. The molecule has 4 nitrogen and oxygen atoms in total. The van der Waals surface area contributed by atoms with Crippen LogP contribution in [0.4, 0.5) is 0 Å². The van der Waals surface area contributed by atoms with Crippen LogP contribution in [0.1, 0.15) is 54.1 Å². The minimum Gasteiger partial charge on any atom is -0.381 e. The minimum atomic E-state index is 0.440. The van der Waals surface area contributed by atoms with Gasteiger partial charge in [0.15, 0.2) is 0 Å². The van der Waals surface area contributed by atoms with Crippen LogP contribution in [-0.4, -0.2) is 29.0 Å². The number of benzene rings is 1. The fraction of sp³-hybridized carbons (Fsp3) is 0.550. The Morgan fingerprint density at radius 2 is 2.00 bits per heavy atom. The predicted octanol–water partition coefficient (Wildman–Crippen LogP) is 3.64. The number of nitrogens with one attached hydrogen (secondary N) is 1. The van der Waals surface area contributed by atoms with Crippen LogP contribution < -0.4 is 5.32 Å². The number of fused-ring (bicyclic) bond motifs is 1. The summed E-state index contributed by atoms with van der Waals surface area (Å²) >= 11 is 0. The first kappa shape index (κ1) is 15.9. The van der Waals surface area contributed by atoms with Gasteiger partial charge < -0.3 is 10.1 Å². The molecular weight excluding hydrogens is 298 g/mol. The molecule has 0 radical (unpaired) electrons. The number of aromatic nitrogens is 2. The summed E-state index contributed by atoms with van der Waals surface area (Å²) in [4.78, 5) is 0. The van der Waals surface area contributed by atoms with E-state index in [9.17, 15) is 0 Å². The molecule has 2 aliphatic rings. The van der Waals surface area contributed by atoms with E-state index in [0.29, 0.717) is 12.1 Å². The van der Waals surface area contributed by atoms with Gasteiger partial charge in [-0.15, -0.1) is 0 Å².